The smallest absolute Gasteiger partial charge is 0.331 e. The lowest BCUT2D eigenvalue weighted by molar-refractivity contribution is -0.143. The van der Waals surface area contributed by atoms with Crippen LogP contribution in [-0.2, 0) is 36.5 Å². The Balaban J connectivity index is 1.31. The Kier molecular flexibility index (Phi) is 14.5. The highest BCUT2D eigenvalue weighted by Gasteiger charge is 2.61. The Bertz CT molecular complexity index is 2190. The molecule has 1 saturated heterocycles. The third-order valence-electron chi connectivity index (χ3n) is 11.3. The van der Waals surface area contributed by atoms with Gasteiger partial charge in [-0.3, -0.25) is 24.1 Å². The number of hydrogen-bond donors (Lipinski definition) is 2. The molecule has 2 unspecified atom stereocenters. The molecular formula is C47H55ClN4O8. The normalized spacial score (nSPS) is 15.4. The monoisotopic (exact) mass is 838 g/mol. The van der Waals surface area contributed by atoms with Gasteiger partial charge in [0.25, 0.3) is 16.8 Å². The van der Waals surface area contributed by atoms with Crippen LogP contribution in [0.25, 0.3) is 0 Å². The zero-order valence-electron chi connectivity index (χ0n) is 35.6. The molecule has 0 aromatic heterocycles. The zero-order chi connectivity index (χ0) is 43.8. The van der Waals surface area contributed by atoms with Crippen molar-refractivity contribution < 1.29 is 38.2 Å². The van der Waals surface area contributed by atoms with Gasteiger partial charge in [0.1, 0.15) is 11.5 Å². The Labute approximate surface area is 357 Å². The van der Waals surface area contributed by atoms with Crippen molar-refractivity contribution in [2.75, 3.05) is 31.5 Å². The number of carbonyl (C=O) groups excluding carboxylic acids is 5. The maximum Gasteiger partial charge on any atom is 0.331 e. The maximum atomic E-state index is 14.3. The van der Waals surface area contributed by atoms with Gasteiger partial charge < -0.3 is 24.8 Å². The highest BCUT2D eigenvalue weighted by atomic mass is 35.5. The quantitative estimate of drug-likeness (QED) is 0.0238. The summed E-state index contributed by atoms with van der Waals surface area (Å²) in [4.78, 5) is 68.4. The number of rotatable bonds is 19. The third-order valence-corrected chi connectivity index (χ3v) is 11.8. The van der Waals surface area contributed by atoms with Crippen LogP contribution in [0.2, 0.25) is 0 Å². The van der Waals surface area contributed by atoms with E-state index in [1.54, 1.807) is 42.5 Å². The SMILES string of the molecule is CCC(C)(C)c1ccc(OCCCC(=O)Nc2cccc(NC(=O)C(Cl)(C(=O)c3ccc(OC)cc3)N3C(=O)C(OC)N(Cc4ccccc4)C3=O)c2)c(C(C)(C)CC)c1. The number of amides is 5. The molecule has 4 aromatic carbocycles. The number of alkyl halides is 1. The number of hydrogen-bond acceptors (Lipinski definition) is 8. The van der Waals surface area contributed by atoms with Gasteiger partial charge in [-0.15, -0.1) is 0 Å². The van der Waals surface area contributed by atoms with Gasteiger partial charge in [-0.1, -0.05) is 102 Å². The summed E-state index contributed by atoms with van der Waals surface area (Å²) in [6.45, 7) is 13.5. The molecule has 60 heavy (non-hydrogen) atoms. The number of imide groups is 1. The van der Waals surface area contributed by atoms with Gasteiger partial charge in [0.2, 0.25) is 17.9 Å². The molecule has 1 aliphatic rings. The fraction of sp³-hybridized carbons (Fsp3) is 0.383. The Morgan fingerprint density at radius 1 is 0.783 bits per heavy atom. The molecule has 5 amide bonds. The molecule has 0 radical (unpaired) electrons. The maximum absolute atomic E-state index is 14.3. The molecule has 0 bridgehead atoms. The summed E-state index contributed by atoms with van der Waals surface area (Å²) in [6.07, 6.45) is 1.07. The van der Waals surface area contributed by atoms with E-state index in [0.29, 0.717) is 34.9 Å². The van der Waals surface area contributed by atoms with Crippen LogP contribution in [-0.4, -0.2) is 71.4 Å². The molecule has 5 rings (SSSR count). The predicted molar refractivity (Wildman–Crippen MR) is 232 cm³/mol. The van der Waals surface area contributed by atoms with Crippen LogP contribution in [0.15, 0.2) is 97.1 Å². The van der Waals surface area contributed by atoms with Crippen LogP contribution in [0.3, 0.4) is 0 Å². The van der Waals surface area contributed by atoms with E-state index in [2.05, 4.69) is 64.3 Å². The average Bonchev–Trinajstić information content (AvgIpc) is 3.49. The number of ketones is 1. The number of benzene rings is 4. The van der Waals surface area contributed by atoms with Crippen LogP contribution in [0.1, 0.15) is 94.3 Å². The minimum absolute atomic E-state index is 0.0291. The second-order valence-electron chi connectivity index (χ2n) is 16.1. The highest BCUT2D eigenvalue weighted by Crippen LogP contribution is 2.39. The predicted octanol–water partition coefficient (Wildman–Crippen LogP) is 9.06. The van der Waals surface area contributed by atoms with Crippen LogP contribution in [0.5, 0.6) is 11.5 Å². The van der Waals surface area contributed by atoms with Crippen LogP contribution < -0.4 is 20.1 Å². The van der Waals surface area contributed by atoms with E-state index in [4.69, 9.17) is 25.8 Å². The summed E-state index contributed by atoms with van der Waals surface area (Å²) >= 11 is 7.03. The molecule has 2 atom stereocenters. The number of nitrogens with zero attached hydrogens (tertiary/aromatic N) is 2. The van der Waals surface area contributed by atoms with Crippen molar-refractivity contribution in [1.82, 2.24) is 9.80 Å². The second kappa shape index (κ2) is 19.1. The van der Waals surface area contributed by atoms with Crippen molar-refractivity contribution in [2.45, 2.75) is 95.8 Å². The standard InChI is InChI=1S/C47H55ClN4O8/c1-9-45(3,4)33-23-26-38(37(28-33)46(5,6)10-2)60-27-15-20-39(53)49-34-18-14-19-35(29-34)50-43(56)47(48,40(54)32-21-24-36(58-7)25-22-32)52-41(55)42(59-8)51(44(52)57)30-31-16-12-11-13-17-31/h11-14,16-19,21-26,28-29,42H,9-10,15,20,27,30H2,1-8H3,(H,49,53)(H,50,56). The van der Waals surface area contributed by atoms with Crippen molar-refractivity contribution in [3.05, 3.63) is 119 Å². The lowest BCUT2D eigenvalue weighted by Crippen LogP contribution is -2.60. The summed E-state index contributed by atoms with van der Waals surface area (Å²) in [5.74, 6) is -2.27. The molecular weight excluding hydrogens is 784 g/mol. The molecule has 1 fully saturated rings. The van der Waals surface area contributed by atoms with Gasteiger partial charge in [-0.2, -0.15) is 0 Å². The fourth-order valence-electron chi connectivity index (χ4n) is 6.78. The summed E-state index contributed by atoms with van der Waals surface area (Å²) in [6, 6.07) is 26.2. The van der Waals surface area contributed by atoms with Crippen molar-refractivity contribution in [3.8, 4) is 11.5 Å². The molecule has 1 heterocycles. The van der Waals surface area contributed by atoms with Crippen molar-refractivity contribution in [3.63, 3.8) is 0 Å². The summed E-state index contributed by atoms with van der Waals surface area (Å²) in [7, 11) is 2.69. The van der Waals surface area contributed by atoms with E-state index in [1.807, 2.05) is 6.07 Å². The lowest BCUT2D eigenvalue weighted by atomic mass is 9.76. The van der Waals surface area contributed by atoms with Crippen molar-refractivity contribution >= 4 is 52.5 Å². The van der Waals surface area contributed by atoms with Gasteiger partial charge >= 0.3 is 6.03 Å². The van der Waals surface area contributed by atoms with Crippen LogP contribution in [0, 0.1) is 0 Å². The Morgan fingerprint density at radius 3 is 2.05 bits per heavy atom. The number of nitrogens with one attached hydrogen (secondary N) is 2. The van der Waals surface area contributed by atoms with E-state index >= 15 is 0 Å². The number of Topliss-reactive ketones (excluding diaryl/α,β-unsaturated/α-hetero) is 1. The Morgan fingerprint density at radius 2 is 1.43 bits per heavy atom. The molecule has 12 nitrogen and oxygen atoms in total. The minimum Gasteiger partial charge on any atom is -0.497 e. The number of methoxy groups -OCH3 is 2. The molecule has 4 aromatic rings. The largest absolute Gasteiger partial charge is 0.497 e. The first-order valence-corrected chi connectivity index (χ1v) is 20.5. The van der Waals surface area contributed by atoms with Gasteiger partial charge in [0, 0.05) is 36.0 Å². The number of halogens is 1. The number of carbonyl (C=O) groups is 5. The topological polar surface area (TPSA) is 144 Å². The van der Waals surface area contributed by atoms with Gasteiger partial charge in [0.15, 0.2) is 0 Å². The molecule has 1 aliphatic heterocycles. The van der Waals surface area contributed by atoms with E-state index < -0.39 is 34.9 Å². The highest BCUT2D eigenvalue weighted by molar-refractivity contribution is 6.51. The van der Waals surface area contributed by atoms with Crippen LogP contribution in [0.4, 0.5) is 16.2 Å². The average molecular weight is 839 g/mol. The summed E-state index contributed by atoms with van der Waals surface area (Å²) < 4.78 is 16.9. The molecule has 13 heteroatoms. The van der Waals surface area contributed by atoms with Crippen LogP contribution >= 0.6 is 11.6 Å². The number of anilines is 2. The summed E-state index contributed by atoms with van der Waals surface area (Å²) in [5, 5.41) is 5.44. The van der Waals surface area contributed by atoms with Crippen molar-refractivity contribution in [2.24, 2.45) is 0 Å². The first-order chi connectivity index (χ1) is 28.5. The third kappa shape index (κ3) is 9.83. The number of urea groups is 1. The van der Waals surface area contributed by atoms with Gasteiger partial charge in [-0.25, -0.2) is 9.69 Å². The van der Waals surface area contributed by atoms with E-state index in [1.165, 1.54) is 56.2 Å². The second-order valence-corrected chi connectivity index (χ2v) is 16.6. The minimum atomic E-state index is -2.90. The summed E-state index contributed by atoms with van der Waals surface area (Å²) in [5.41, 5.74) is 3.42. The van der Waals surface area contributed by atoms with Crippen molar-refractivity contribution in [1.29, 1.82) is 0 Å². The first kappa shape index (κ1) is 45.4. The molecule has 318 valence electrons. The molecule has 2 N–H and O–H groups in total. The van der Waals surface area contributed by atoms with Gasteiger partial charge in [-0.05, 0) is 89.8 Å². The van der Waals surface area contributed by atoms with Gasteiger partial charge in [0.05, 0.1) is 20.3 Å². The van der Waals surface area contributed by atoms with E-state index in [0.717, 1.165) is 29.1 Å². The van der Waals surface area contributed by atoms with E-state index in [-0.39, 0.29) is 41.0 Å². The lowest BCUT2D eigenvalue weighted by Gasteiger charge is -2.32. The van der Waals surface area contributed by atoms with E-state index in [9.17, 15) is 24.0 Å². The zero-order valence-corrected chi connectivity index (χ0v) is 36.4. The molecule has 0 saturated carbocycles. The molecule has 0 spiro atoms. The molecule has 0 aliphatic carbocycles. The number of ether oxygens (including phenoxy) is 3. The Hall–Kier alpha value is -5.72. The first-order valence-electron chi connectivity index (χ1n) is 20.1. The fourth-order valence-corrected chi connectivity index (χ4v) is 7.09.